The standard InChI is InChI=1S/C17H20O2S/c18-13-16(19)12-15-9-7-14(8-10-15)4-1-2-5-17-6-3-11-20-17/h3,6-11,18H,1-2,4-5,12-13H2. The summed E-state index contributed by atoms with van der Waals surface area (Å²) in [7, 11) is 0. The minimum atomic E-state index is -0.371. The number of hydrogen-bond acceptors (Lipinski definition) is 3. The maximum absolute atomic E-state index is 11.1. The van der Waals surface area contributed by atoms with E-state index in [2.05, 4.69) is 29.6 Å². The van der Waals surface area contributed by atoms with Gasteiger partial charge in [-0.25, -0.2) is 0 Å². The smallest absolute Gasteiger partial charge is 0.162 e. The zero-order valence-electron chi connectivity index (χ0n) is 11.5. The fraction of sp³-hybridized carbons (Fsp3) is 0.353. The molecule has 0 spiro atoms. The highest BCUT2D eigenvalue weighted by molar-refractivity contribution is 7.09. The predicted octanol–water partition coefficient (Wildman–Crippen LogP) is 3.42. The lowest BCUT2D eigenvalue weighted by atomic mass is 10.0. The van der Waals surface area contributed by atoms with Crippen LogP contribution in [-0.2, 0) is 24.1 Å². The number of Topliss-reactive ketones (excluding diaryl/α,β-unsaturated/α-hetero) is 1. The molecule has 2 aromatic rings. The molecular formula is C17H20O2S. The molecule has 0 saturated heterocycles. The Morgan fingerprint density at radius 3 is 2.35 bits per heavy atom. The zero-order chi connectivity index (χ0) is 14.2. The summed E-state index contributed by atoms with van der Waals surface area (Å²) in [5.74, 6) is -0.131. The fourth-order valence-corrected chi connectivity index (χ4v) is 2.94. The van der Waals surface area contributed by atoms with Gasteiger partial charge in [0.2, 0.25) is 0 Å². The van der Waals surface area contributed by atoms with Crippen molar-refractivity contribution in [3.63, 3.8) is 0 Å². The number of rotatable bonds is 8. The third kappa shape index (κ3) is 4.91. The summed E-state index contributed by atoms with van der Waals surface area (Å²) in [6.07, 6.45) is 4.98. The van der Waals surface area contributed by atoms with Crippen LogP contribution in [0.15, 0.2) is 41.8 Å². The second-order valence-electron chi connectivity index (χ2n) is 4.98. The number of thiophene rings is 1. The summed E-state index contributed by atoms with van der Waals surface area (Å²) in [6, 6.07) is 12.4. The number of ketones is 1. The van der Waals surface area contributed by atoms with Crippen LogP contribution in [-0.4, -0.2) is 17.5 Å². The van der Waals surface area contributed by atoms with Crippen LogP contribution in [0.25, 0.3) is 0 Å². The maximum atomic E-state index is 11.1. The van der Waals surface area contributed by atoms with Gasteiger partial charge in [0.15, 0.2) is 5.78 Å². The van der Waals surface area contributed by atoms with E-state index < -0.39 is 0 Å². The summed E-state index contributed by atoms with van der Waals surface area (Å²) in [6.45, 7) is -0.371. The molecular weight excluding hydrogens is 268 g/mol. The molecule has 1 aromatic carbocycles. The summed E-state index contributed by atoms with van der Waals surface area (Å²) < 4.78 is 0. The Morgan fingerprint density at radius 2 is 1.70 bits per heavy atom. The number of aryl methyl sites for hydroxylation is 2. The van der Waals surface area contributed by atoms with Gasteiger partial charge in [0.1, 0.15) is 6.61 Å². The summed E-state index contributed by atoms with van der Waals surface area (Å²) in [5.41, 5.74) is 2.29. The first kappa shape index (κ1) is 14.9. The van der Waals surface area contributed by atoms with Crippen LogP contribution in [0.5, 0.6) is 0 Å². The predicted molar refractivity (Wildman–Crippen MR) is 83.2 cm³/mol. The fourth-order valence-electron chi connectivity index (χ4n) is 2.19. The van der Waals surface area contributed by atoms with Crippen molar-refractivity contribution in [3.05, 3.63) is 57.8 Å². The topological polar surface area (TPSA) is 37.3 Å². The summed E-state index contributed by atoms with van der Waals surface area (Å²) in [4.78, 5) is 12.6. The van der Waals surface area contributed by atoms with Crippen LogP contribution < -0.4 is 0 Å². The average molecular weight is 288 g/mol. The molecule has 0 amide bonds. The van der Waals surface area contributed by atoms with Crippen molar-refractivity contribution in [1.29, 1.82) is 0 Å². The molecule has 0 radical (unpaired) electrons. The second-order valence-corrected chi connectivity index (χ2v) is 6.01. The first-order chi connectivity index (χ1) is 9.78. The molecule has 106 valence electrons. The number of unbranched alkanes of at least 4 members (excludes halogenated alkanes) is 1. The van der Waals surface area contributed by atoms with Gasteiger partial charge in [-0.15, -0.1) is 11.3 Å². The van der Waals surface area contributed by atoms with Gasteiger partial charge in [-0.1, -0.05) is 30.3 Å². The number of aliphatic hydroxyl groups excluding tert-OH is 1. The Labute approximate surface area is 124 Å². The van der Waals surface area contributed by atoms with E-state index in [1.807, 2.05) is 23.5 Å². The van der Waals surface area contributed by atoms with Gasteiger partial charge in [-0.2, -0.15) is 0 Å². The van der Waals surface area contributed by atoms with Crippen molar-refractivity contribution < 1.29 is 9.90 Å². The highest BCUT2D eigenvalue weighted by Crippen LogP contribution is 2.14. The molecule has 0 atom stereocenters. The van der Waals surface area contributed by atoms with Crippen LogP contribution in [0.4, 0.5) is 0 Å². The van der Waals surface area contributed by atoms with Crippen LogP contribution in [0.1, 0.15) is 28.8 Å². The SMILES string of the molecule is O=C(CO)Cc1ccc(CCCCc2cccs2)cc1. The monoisotopic (exact) mass is 288 g/mol. The summed E-state index contributed by atoms with van der Waals surface area (Å²) >= 11 is 1.83. The van der Waals surface area contributed by atoms with Crippen molar-refractivity contribution >= 4 is 17.1 Å². The van der Waals surface area contributed by atoms with Crippen molar-refractivity contribution in [2.45, 2.75) is 32.1 Å². The Balaban J connectivity index is 1.72. The van der Waals surface area contributed by atoms with Gasteiger partial charge in [0.05, 0.1) is 0 Å². The minimum Gasteiger partial charge on any atom is -0.389 e. The number of hydrogen-bond donors (Lipinski definition) is 1. The van der Waals surface area contributed by atoms with Crippen molar-refractivity contribution in [1.82, 2.24) is 0 Å². The number of benzene rings is 1. The lowest BCUT2D eigenvalue weighted by molar-refractivity contribution is -0.121. The van der Waals surface area contributed by atoms with E-state index >= 15 is 0 Å². The van der Waals surface area contributed by atoms with Crippen LogP contribution in [0.2, 0.25) is 0 Å². The Bertz CT molecular complexity index is 514. The second kappa shape index (κ2) is 7.98. The number of aliphatic hydroxyl groups is 1. The van der Waals surface area contributed by atoms with Gasteiger partial charge in [0, 0.05) is 11.3 Å². The lowest BCUT2D eigenvalue weighted by Gasteiger charge is -2.03. The molecule has 0 aliphatic rings. The molecule has 3 heteroatoms. The third-order valence-electron chi connectivity index (χ3n) is 3.32. The van der Waals surface area contributed by atoms with Gasteiger partial charge in [-0.3, -0.25) is 4.79 Å². The molecule has 0 fully saturated rings. The normalized spacial score (nSPS) is 10.7. The van der Waals surface area contributed by atoms with Crippen LogP contribution >= 0.6 is 11.3 Å². The number of carbonyl (C=O) groups is 1. The van der Waals surface area contributed by atoms with Gasteiger partial charge in [0.25, 0.3) is 0 Å². The van der Waals surface area contributed by atoms with Gasteiger partial charge < -0.3 is 5.11 Å². The van der Waals surface area contributed by atoms with E-state index in [1.165, 1.54) is 29.7 Å². The third-order valence-corrected chi connectivity index (χ3v) is 4.26. The van der Waals surface area contributed by atoms with Crippen LogP contribution in [0.3, 0.4) is 0 Å². The molecule has 1 aromatic heterocycles. The highest BCUT2D eigenvalue weighted by atomic mass is 32.1. The molecule has 1 N–H and O–H groups in total. The van der Waals surface area contributed by atoms with Gasteiger partial charge in [-0.05, 0) is 48.3 Å². The molecule has 20 heavy (non-hydrogen) atoms. The Morgan fingerprint density at radius 1 is 1.00 bits per heavy atom. The molecule has 0 saturated carbocycles. The van der Waals surface area contributed by atoms with Crippen molar-refractivity contribution in [2.75, 3.05) is 6.61 Å². The first-order valence-corrected chi connectivity index (χ1v) is 7.88. The van der Waals surface area contributed by atoms with Crippen molar-refractivity contribution in [3.8, 4) is 0 Å². The lowest BCUT2D eigenvalue weighted by Crippen LogP contribution is -2.07. The van der Waals surface area contributed by atoms with E-state index in [1.54, 1.807) is 0 Å². The maximum Gasteiger partial charge on any atom is 0.162 e. The quantitative estimate of drug-likeness (QED) is 0.756. The first-order valence-electron chi connectivity index (χ1n) is 7.00. The average Bonchev–Trinajstić information content (AvgIpc) is 2.98. The highest BCUT2D eigenvalue weighted by Gasteiger charge is 2.02. The molecule has 0 bridgehead atoms. The van der Waals surface area contributed by atoms with E-state index in [0.717, 1.165) is 12.0 Å². The van der Waals surface area contributed by atoms with E-state index in [0.29, 0.717) is 6.42 Å². The zero-order valence-corrected chi connectivity index (χ0v) is 12.4. The Hall–Kier alpha value is -1.45. The largest absolute Gasteiger partial charge is 0.389 e. The van der Waals surface area contributed by atoms with Gasteiger partial charge >= 0.3 is 0 Å². The molecule has 0 unspecified atom stereocenters. The van der Waals surface area contributed by atoms with Crippen molar-refractivity contribution in [2.24, 2.45) is 0 Å². The van der Waals surface area contributed by atoms with E-state index in [4.69, 9.17) is 5.11 Å². The molecule has 2 rings (SSSR count). The minimum absolute atomic E-state index is 0.131. The molecule has 2 nitrogen and oxygen atoms in total. The Kier molecular flexibility index (Phi) is 5.96. The number of carbonyl (C=O) groups excluding carboxylic acids is 1. The van der Waals surface area contributed by atoms with Crippen LogP contribution in [0, 0.1) is 0 Å². The summed E-state index contributed by atoms with van der Waals surface area (Å²) in [5, 5.41) is 10.9. The van der Waals surface area contributed by atoms with E-state index in [-0.39, 0.29) is 12.4 Å². The molecule has 1 heterocycles. The molecule has 0 aliphatic carbocycles. The molecule has 0 aliphatic heterocycles. The van der Waals surface area contributed by atoms with E-state index in [9.17, 15) is 4.79 Å².